The van der Waals surface area contributed by atoms with Gasteiger partial charge >= 0.3 is 0 Å². The number of pyridine rings is 1. The Hall–Kier alpha value is -2.10. The molecule has 1 atom stereocenters. The molecule has 0 bridgehead atoms. The topological polar surface area (TPSA) is 21.1 Å². The lowest BCUT2D eigenvalue weighted by atomic mass is 10.00. The number of likely N-dealkylation sites (N-methyl/N-ethyl adjacent to an activating group) is 1. The van der Waals surface area contributed by atoms with Crippen molar-refractivity contribution < 1.29 is 0 Å². The monoisotopic (exact) mass is 351 g/mol. The molecule has 3 nitrogen and oxygen atoms in total. The molecule has 1 aliphatic rings. The number of allylic oxidation sites excluding steroid dienone is 1. The second-order valence-electron chi connectivity index (χ2n) is 6.97. The quantitative estimate of drug-likeness (QED) is 0.641. The Morgan fingerprint density at radius 2 is 2.00 bits per heavy atom. The van der Waals surface area contributed by atoms with E-state index in [1.54, 1.807) is 0 Å². The fraction of sp³-hybridized carbons (Fsp3) is 0.286. The fourth-order valence-electron chi connectivity index (χ4n) is 3.68. The Kier molecular flexibility index (Phi) is 4.14. The number of fused-ring (bicyclic) bond motifs is 3. The van der Waals surface area contributed by atoms with Gasteiger partial charge in [0.15, 0.2) is 0 Å². The first-order chi connectivity index (χ1) is 12.0. The maximum absolute atomic E-state index is 6.29. The Labute approximate surface area is 153 Å². The number of aromatic nitrogens is 2. The number of hydrogen-bond donors (Lipinski definition) is 0. The Morgan fingerprint density at radius 1 is 1.24 bits per heavy atom. The number of rotatable bonds is 2. The number of nitrogens with zero attached hydrogens (tertiary/aromatic N) is 3. The molecule has 0 radical (unpaired) electrons. The predicted molar refractivity (Wildman–Crippen MR) is 106 cm³/mol. The van der Waals surface area contributed by atoms with Gasteiger partial charge in [0.1, 0.15) is 0 Å². The molecule has 1 aromatic carbocycles. The summed E-state index contributed by atoms with van der Waals surface area (Å²) in [6, 6.07) is 10.9. The fourth-order valence-corrected chi connectivity index (χ4v) is 3.85. The summed E-state index contributed by atoms with van der Waals surface area (Å²) in [6.07, 6.45) is 6.97. The second-order valence-corrected chi connectivity index (χ2v) is 7.41. The molecule has 4 heteroatoms. The highest BCUT2D eigenvalue weighted by Crippen LogP contribution is 2.35. The summed E-state index contributed by atoms with van der Waals surface area (Å²) in [5, 5.41) is 2.06. The van der Waals surface area contributed by atoms with E-state index < -0.39 is 0 Å². The molecule has 1 aliphatic heterocycles. The van der Waals surface area contributed by atoms with Crippen LogP contribution in [0.3, 0.4) is 0 Å². The van der Waals surface area contributed by atoms with Gasteiger partial charge in [-0.1, -0.05) is 11.6 Å². The molecule has 0 N–H and O–H groups in total. The predicted octanol–water partition coefficient (Wildman–Crippen LogP) is 5.08. The molecular formula is C21H22ClN3. The zero-order valence-electron chi connectivity index (χ0n) is 14.8. The minimum Gasteiger partial charge on any atom is -0.320 e. The molecule has 0 saturated carbocycles. The first kappa shape index (κ1) is 16.4. The van der Waals surface area contributed by atoms with Crippen molar-refractivity contribution in [2.75, 3.05) is 7.05 Å². The SMILES string of the molecule is CC(=Cn1c2c(c3cc(Cl)ccc31)CN(C)[C@H](C)C2)c1ccncc1. The summed E-state index contributed by atoms with van der Waals surface area (Å²) in [6.45, 7) is 5.40. The number of halogens is 1. The third kappa shape index (κ3) is 2.88. The molecule has 3 heterocycles. The van der Waals surface area contributed by atoms with Crippen LogP contribution in [0.15, 0.2) is 42.7 Å². The van der Waals surface area contributed by atoms with Crippen molar-refractivity contribution in [2.24, 2.45) is 0 Å². The van der Waals surface area contributed by atoms with Crippen LogP contribution in [-0.2, 0) is 13.0 Å². The van der Waals surface area contributed by atoms with Gasteiger partial charge in [0, 0.05) is 53.7 Å². The minimum absolute atomic E-state index is 0.528. The van der Waals surface area contributed by atoms with Crippen molar-refractivity contribution in [3.8, 4) is 0 Å². The summed E-state index contributed by atoms with van der Waals surface area (Å²) >= 11 is 6.29. The van der Waals surface area contributed by atoms with E-state index in [-0.39, 0.29) is 0 Å². The third-order valence-corrected chi connectivity index (χ3v) is 5.52. The van der Waals surface area contributed by atoms with E-state index in [1.807, 2.05) is 18.5 Å². The smallest absolute Gasteiger partial charge is 0.0529 e. The van der Waals surface area contributed by atoms with Crippen LogP contribution in [0, 0.1) is 0 Å². The van der Waals surface area contributed by atoms with Crippen molar-refractivity contribution in [3.63, 3.8) is 0 Å². The van der Waals surface area contributed by atoms with Crippen molar-refractivity contribution in [1.82, 2.24) is 14.5 Å². The lowest BCUT2D eigenvalue weighted by Gasteiger charge is -2.30. The highest BCUT2D eigenvalue weighted by Gasteiger charge is 2.26. The average molecular weight is 352 g/mol. The standard InChI is InChI=1S/C21H22ClN3/c1-14(16-6-8-23-9-7-16)12-25-20-5-4-17(22)11-18(20)19-13-24(3)15(2)10-21(19)25/h4-9,11-12,15H,10,13H2,1-3H3/t15-/m1/s1. The van der Waals surface area contributed by atoms with Crippen molar-refractivity contribution in [1.29, 1.82) is 0 Å². The highest BCUT2D eigenvalue weighted by atomic mass is 35.5. The maximum atomic E-state index is 6.29. The summed E-state index contributed by atoms with van der Waals surface area (Å²) in [4.78, 5) is 6.53. The van der Waals surface area contributed by atoms with Crippen molar-refractivity contribution in [3.05, 3.63) is 64.6 Å². The van der Waals surface area contributed by atoms with Gasteiger partial charge in [-0.05, 0) is 67.9 Å². The van der Waals surface area contributed by atoms with Crippen LogP contribution < -0.4 is 0 Å². The summed E-state index contributed by atoms with van der Waals surface area (Å²) in [5.41, 5.74) is 6.45. The number of hydrogen-bond acceptors (Lipinski definition) is 2. The first-order valence-corrected chi connectivity index (χ1v) is 9.02. The molecule has 0 spiro atoms. The second kappa shape index (κ2) is 6.32. The van der Waals surface area contributed by atoms with Gasteiger partial charge in [0.25, 0.3) is 0 Å². The molecule has 0 saturated heterocycles. The zero-order chi connectivity index (χ0) is 17.6. The number of benzene rings is 1. The Bertz CT molecular complexity index is 956. The Balaban J connectivity index is 1.93. The summed E-state index contributed by atoms with van der Waals surface area (Å²) in [7, 11) is 2.19. The summed E-state index contributed by atoms with van der Waals surface area (Å²) in [5.74, 6) is 0. The van der Waals surface area contributed by atoms with E-state index in [0.29, 0.717) is 6.04 Å². The highest BCUT2D eigenvalue weighted by molar-refractivity contribution is 6.31. The van der Waals surface area contributed by atoms with Gasteiger partial charge in [-0.3, -0.25) is 9.88 Å². The van der Waals surface area contributed by atoms with Crippen LogP contribution in [0.1, 0.15) is 30.7 Å². The van der Waals surface area contributed by atoms with E-state index in [9.17, 15) is 0 Å². The molecule has 0 amide bonds. The molecule has 3 aromatic rings. The molecule has 128 valence electrons. The lowest BCUT2D eigenvalue weighted by Crippen LogP contribution is -2.35. The molecule has 25 heavy (non-hydrogen) atoms. The van der Waals surface area contributed by atoms with Crippen LogP contribution in [0.25, 0.3) is 22.7 Å². The van der Waals surface area contributed by atoms with E-state index in [1.165, 1.54) is 33.3 Å². The van der Waals surface area contributed by atoms with Crippen LogP contribution in [0.5, 0.6) is 0 Å². The van der Waals surface area contributed by atoms with Crippen LogP contribution in [-0.4, -0.2) is 27.5 Å². The van der Waals surface area contributed by atoms with Gasteiger partial charge in [-0.15, -0.1) is 0 Å². The molecule has 0 unspecified atom stereocenters. The van der Waals surface area contributed by atoms with E-state index >= 15 is 0 Å². The van der Waals surface area contributed by atoms with E-state index in [2.05, 4.69) is 65.8 Å². The van der Waals surface area contributed by atoms with Gasteiger partial charge in [-0.2, -0.15) is 0 Å². The van der Waals surface area contributed by atoms with Gasteiger partial charge < -0.3 is 4.57 Å². The van der Waals surface area contributed by atoms with Gasteiger partial charge in [-0.25, -0.2) is 0 Å². The van der Waals surface area contributed by atoms with Crippen LogP contribution in [0.2, 0.25) is 5.02 Å². The molecule has 0 fully saturated rings. The van der Waals surface area contributed by atoms with Crippen LogP contribution >= 0.6 is 11.6 Å². The summed E-state index contributed by atoms with van der Waals surface area (Å²) < 4.78 is 2.36. The minimum atomic E-state index is 0.528. The largest absolute Gasteiger partial charge is 0.320 e. The molecule has 2 aromatic heterocycles. The lowest BCUT2D eigenvalue weighted by molar-refractivity contribution is 0.230. The maximum Gasteiger partial charge on any atom is 0.0529 e. The third-order valence-electron chi connectivity index (χ3n) is 5.29. The van der Waals surface area contributed by atoms with Gasteiger partial charge in [0.05, 0.1) is 5.52 Å². The van der Waals surface area contributed by atoms with Crippen molar-refractivity contribution >= 4 is 34.3 Å². The van der Waals surface area contributed by atoms with Gasteiger partial charge in [0.2, 0.25) is 0 Å². The van der Waals surface area contributed by atoms with E-state index in [0.717, 1.165) is 18.0 Å². The first-order valence-electron chi connectivity index (χ1n) is 8.65. The molecule has 0 aliphatic carbocycles. The van der Waals surface area contributed by atoms with Crippen molar-refractivity contribution in [2.45, 2.75) is 32.9 Å². The molecule has 4 rings (SSSR count). The Morgan fingerprint density at radius 3 is 2.76 bits per heavy atom. The zero-order valence-corrected chi connectivity index (χ0v) is 15.6. The van der Waals surface area contributed by atoms with Crippen LogP contribution in [0.4, 0.5) is 0 Å². The average Bonchev–Trinajstić information content (AvgIpc) is 2.89. The van der Waals surface area contributed by atoms with E-state index in [4.69, 9.17) is 11.6 Å². The molecular weight excluding hydrogens is 330 g/mol. The normalized spacial score (nSPS) is 18.6.